The molecule has 0 heterocycles. The summed E-state index contributed by atoms with van der Waals surface area (Å²) in [5.74, 6) is 0. The molecule has 0 aromatic heterocycles. The molecule has 0 aromatic rings. The van der Waals surface area contributed by atoms with E-state index in [2.05, 4.69) is 35.0 Å². The van der Waals surface area contributed by atoms with Crippen LogP contribution in [-0.2, 0) is 0 Å². The van der Waals surface area contributed by atoms with Crippen LogP contribution in [0.3, 0.4) is 0 Å². The SMILES string of the molecule is CC(C)(O)CC(C)(C)[N+](C)(C)C. The van der Waals surface area contributed by atoms with Crippen LogP contribution in [0.25, 0.3) is 0 Å². The normalized spacial score (nSPS) is 15.0. The van der Waals surface area contributed by atoms with Crippen molar-refractivity contribution in [2.24, 2.45) is 0 Å². The lowest BCUT2D eigenvalue weighted by atomic mass is 9.87. The fraction of sp³-hybridized carbons (Fsp3) is 1.00. The molecule has 0 atom stereocenters. The number of quaternary nitrogens is 1. The largest absolute Gasteiger partial charge is 0.390 e. The minimum atomic E-state index is -0.574. The van der Waals surface area contributed by atoms with Crippen LogP contribution in [0.1, 0.15) is 34.1 Å². The average molecular weight is 174 g/mol. The van der Waals surface area contributed by atoms with Gasteiger partial charge in [0.1, 0.15) is 0 Å². The molecule has 0 aliphatic rings. The van der Waals surface area contributed by atoms with Gasteiger partial charge in [0.25, 0.3) is 0 Å². The van der Waals surface area contributed by atoms with Crippen molar-refractivity contribution in [2.75, 3.05) is 21.1 Å². The molecule has 0 radical (unpaired) electrons. The molecule has 0 unspecified atom stereocenters. The Morgan fingerprint density at radius 1 is 1.00 bits per heavy atom. The lowest BCUT2D eigenvalue weighted by Crippen LogP contribution is -2.55. The third-order valence-electron chi connectivity index (χ3n) is 2.68. The molecule has 0 aromatic carbocycles. The molecule has 2 heteroatoms. The van der Waals surface area contributed by atoms with Gasteiger partial charge >= 0.3 is 0 Å². The van der Waals surface area contributed by atoms with Gasteiger partial charge in [-0.15, -0.1) is 0 Å². The minimum Gasteiger partial charge on any atom is -0.390 e. The van der Waals surface area contributed by atoms with Crippen molar-refractivity contribution in [1.82, 2.24) is 0 Å². The summed E-state index contributed by atoms with van der Waals surface area (Å²) in [5.41, 5.74) is -0.465. The third kappa shape index (κ3) is 3.55. The lowest BCUT2D eigenvalue weighted by Gasteiger charge is -2.44. The fourth-order valence-electron chi connectivity index (χ4n) is 1.30. The summed E-state index contributed by atoms with van der Waals surface area (Å²) in [5, 5.41) is 9.71. The molecule has 0 rings (SSSR count). The number of nitrogens with zero attached hydrogens (tertiary/aromatic N) is 1. The van der Waals surface area contributed by atoms with Gasteiger partial charge in [-0.1, -0.05) is 0 Å². The molecular weight excluding hydrogens is 150 g/mol. The van der Waals surface area contributed by atoms with Crippen LogP contribution < -0.4 is 0 Å². The highest BCUT2D eigenvalue weighted by molar-refractivity contribution is 4.79. The molecular formula is C10H24NO+. The average Bonchev–Trinajstić information content (AvgIpc) is 1.52. The first-order valence-electron chi connectivity index (χ1n) is 4.50. The van der Waals surface area contributed by atoms with Gasteiger partial charge in [0.2, 0.25) is 0 Å². The third-order valence-corrected chi connectivity index (χ3v) is 2.68. The quantitative estimate of drug-likeness (QED) is 0.645. The van der Waals surface area contributed by atoms with Gasteiger partial charge in [0.15, 0.2) is 0 Å². The van der Waals surface area contributed by atoms with E-state index in [1.807, 2.05) is 13.8 Å². The predicted octanol–water partition coefficient (Wildman–Crippen LogP) is 1.63. The Kier molecular flexibility index (Phi) is 2.98. The highest BCUT2D eigenvalue weighted by atomic mass is 16.3. The Morgan fingerprint density at radius 3 is 1.42 bits per heavy atom. The zero-order chi connectivity index (χ0) is 10.2. The Labute approximate surface area is 76.8 Å². The van der Waals surface area contributed by atoms with E-state index < -0.39 is 5.60 Å². The Hall–Kier alpha value is -0.0800. The molecule has 2 nitrogen and oxygen atoms in total. The first-order valence-corrected chi connectivity index (χ1v) is 4.50. The van der Waals surface area contributed by atoms with Crippen molar-refractivity contribution in [1.29, 1.82) is 0 Å². The second kappa shape index (κ2) is 3.00. The highest BCUT2D eigenvalue weighted by Crippen LogP contribution is 2.27. The van der Waals surface area contributed by atoms with E-state index in [0.29, 0.717) is 0 Å². The zero-order valence-electron chi connectivity index (χ0n) is 9.60. The highest BCUT2D eigenvalue weighted by Gasteiger charge is 2.37. The molecule has 0 fully saturated rings. The smallest absolute Gasteiger partial charge is 0.0957 e. The second-order valence-electron chi connectivity index (χ2n) is 5.81. The van der Waals surface area contributed by atoms with Crippen molar-refractivity contribution in [3.8, 4) is 0 Å². The standard InChI is InChI=1S/C10H24NO/c1-9(2,11(5,6)7)8-10(3,4)12/h12H,8H2,1-7H3/q+1. The zero-order valence-corrected chi connectivity index (χ0v) is 9.60. The van der Waals surface area contributed by atoms with E-state index in [9.17, 15) is 5.11 Å². The monoisotopic (exact) mass is 174 g/mol. The van der Waals surface area contributed by atoms with Gasteiger partial charge < -0.3 is 9.59 Å². The van der Waals surface area contributed by atoms with E-state index in [1.54, 1.807) is 0 Å². The van der Waals surface area contributed by atoms with Crippen molar-refractivity contribution in [3.05, 3.63) is 0 Å². The number of hydrogen-bond donors (Lipinski definition) is 1. The van der Waals surface area contributed by atoms with Crippen LogP contribution in [0, 0.1) is 0 Å². The molecule has 74 valence electrons. The summed E-state index contributed by atoms with van der Waals surface area (Å²) in [4.78, 5) is 0. The van der Waals surface area contributed by atoms with Crippen LogP contribution in [0.2, 0.25) is 0 Å². The van der Waals surface area contributed by atoms with E-state index in [-0.39, 0.29) is 5.54 Å². The summed E-state index contributed by atoms with van der Waals surface area (Å²) in [6.45, 7) is 8.10. The maximum Gasteiger partial charge on any atom is 0.0957 e. The summed E-state index contributed by atoms with van der Waals surface area (Å²) >= 11 is 0. The fourth-order valence-corrected chi connectivity index (χ4v) is 1.30. The van der Waals surface area contributed by atoms with Gasteiger partial charge in [0, 0.05) is 6.42 Å². The van der Waals surface area contributed by atoms with Gasteiger partial charge in [-0.3, -0.25) is 0 Å². The van der Waals surface area contributed by atoms with E-state index in [1.165, 1.54) is 0 Å². The molecule has 0 spiro atoms. The Bertz CT molecular complexity index is 148. The molecule has 12 heavy (non-hydrogen) atoms. The van der Waals surface area contributed by atoms with E-state index in [0.717, 1.165) is 10.9 Å². The summed E-state index contributed by atoms with van der Waals surface area (Å²) < 4.78 is 0.872. The van der Waals surface area contributed by atoms with Crippen LogP contribution in [0.5, 0.6) is 0 Å². The Morgan fingerprint density at radius 2 is 1.33 bits per heavy atom. The molecule has 1 N–H and O–H groups in total. The second-order valence-corrected chi connectivity index (χ2v) is 5.81. The molecule has 0 aliphatic carbocycles. The first kappa shape index (κ1) is 11.9. The minimum absolute atomic E-state index is 0.109. The number of hydrogen-bond acceptors (Lipinski definition) is 1. The van der Waals surface area contributed by atoms with Crippen molar-refractivity contribution in [2.45, 2.75) is 45.3 Å². The molecule has 0 amide bonds. The molecule has 0 saturated carbocycles. The van der Waals surface area contributed by atoms with Gasteiger partial charge in [0.05, 0.1) is 32.3 Å². The van der Waals surface area contributed by atoms with Crippen LogP contribution in [0.15, 0.2) is 0 Å². The van der Waals surface area contributed by atoms with Gasteiger partial charge in [-0.25, -0.2) is 0 Å². The van der Waals surface area contributed by atoms with Crippen LogP contribution in [-0.4, -0.2) is 41.9 Å². The first-order chi connectivity index (χ1) is 4.96. The maximum absolute atomic E-state index is 9.71. The van der Waals surface area contributed by atoms with E-state index >= 15 is 0 Å². The van der Waals surface area contributed by atoms with Crippen molar-refractivity contribution < 1.29 is 9.59 Å². The number of rotatable bonds is 3. The van der Waals surface area contributed by atoms with Crippen molar-refractivity contribution >= 4 is 0 Å². The number of aliphatic hydroxyl groups is 1. The van der Waals surface area contributed by atoms with E-state index in [4.69, 9.17) is 0 Å². The maximum atomic E-state index is 9.71. The van der Waals surface area contributed by atoms with Gasteiger partial charge in [-0.05, 0) is 27.7 Å². The Balaban J connectivity index is 4.44. The predicted molar refractivity (Wildman–Crippen MR) is 53.0 cm³/mol. The van der Waals surface area contributed by atoms with Gasteiger partial charge in [-0.2, -0.15) is 0 Å². The van der Waals surface area contributed by atoms with Crippen LogP contribution >= 0.6 is 0 Å². The molecule has 0 bridgehead atoms. The topological polar surface area (TPSA) is 20.2 Å². The summed E-state index contributed by atoms with van der Waals surface area (Å²) in [6, 6.07) is 0. The lowest BCUT2D eigenvalue weighted by molar-refractivity contribution is -0.920. The summed E-state index contributed by atoms with van der Waals surface area (Å²) in [7, 11) is 6.48. The van der Waals surface area contributed by atoms with Crippen molar-refractivity contribution in [3.63, 3.8) is 0 Å². The molecule has 0 aliphatic heterocycles. The summed E-state index contributed by atoms with van der Waals surface area (Å²) in [6.07, 6.45) is 0.809. The van der Waals surface area contributed by atoms with Crippen LogP contribution in [0.4, 0.5) is 0 Å². The molecule has 0 saturated heterocycles.